The Balaban J connectivity index is 1.26. The van der Waals surface area contributed by atoms with Crippen molar-refractivity contribution in [1.82, 2.24) is 29.7 Å². The van der Waals surface area contributed by atoms with Gasteiger partial charge in [0.05, 0.1) is 64.9 Å². The summed E-state index contributed by atoms with van der Waals surface area (Å²) in [7, 11) is 5.14. The zero-order valence-corrected chi connectivity index (χ0v) is 45.0. The van der Waals surface area contributed by atoms with Crippen molar-refractivity contribution in [2.75, 3.05) is 47.5 Å². The van der Waals surface area contributed by atoms with Gasteiger partial charge in [0.1, 0.15) is 42.7 Å². The van der Waals surface area contributed by atoms with Gasteiger partial charge in [-0.2, -0.15) is 0 Å². The predicted molar refractivity (Wildman–Crippen MR) is 264 cm³/mol. The Labute approximate surface area is 429 Å². The summed E-state index contributed by atoms with van der Waals surface area (Å²) in [5.41, 5.74) is -3.59. The third-order valence-electron chi connectivity index (χ3n) is 16.2. The predicted octanol–water partition coefficient (Wildman–Crippen LogP) is 2.91. The number of hydrogen-bond donors (Lipinski definition) is 5. The highest BCUT2D eigenvalue weighted by Crippen LogP contribution is 2.40. The molecule has 5 N–H and O–H groups in total. The number of likely N-dealkylation sites (N-methyl/N-ethyl adjacent to an activating group) is 2. The number of cyclic esters (lactones) is 1. The molecule has 2 amide bonds. The average molecular weight is 1040 g/mol. The van der Waals surface area contributed by atoms with E-state index in [0.29, 0.717) is 31.6 Å². The van der Waals surface area contributed by atoms with Crippen molar-refractivity contribution in [2.45, 2.75) is 198 Å². The molecule has 3 fully saturated rings. The first-order valence-electron chi connectivity index (χ1n) is 25.9. The Morgan fingerprint density at radius 2 is 1.59 bits per heavy atom. The SMILES string of the molecule is CC[C@H]1OC(=O)[C@H](C)[C@@H](O[C@H]2C[C@@](C)(OC)[C@@H](O)[C@H](C)O2)[C@H](C)[C@@H](O[C@@H]2O[C@H](C)C[C@H](N(C)CCc3cn(C(CF)CN4C(=O)c5ccccc5C4=O)nn3)[C@H]2O)[C@](C)(O)C[C@@H](C)CN(C)[C@H](C)[C@@H](O)[C@]1(C)O. The lowest BCUT2D eigenvalue weighted by Crippen LogP contribution is -2.61. The van der Waals surface area contributed by atoms with Gasteiger partial charge in [0.15, 0.2) is 12.6 Å². The lowest BCUT2D eigenvalue weighted by molar-refractivity contribution is -0.318. The number of aliphatic hydroxyl groups excluding tert-OH is 3. The third-order valence-corrected chi connectivity index (χ3v) is 16.2. The number of esters is 1. The Bertz CT molecular complexity index is 2150. The Morgan fingerprint density at radius 3 is 2.19 bits per heavy atom. The van der Waals surface area contributed by atoms with Crippen LogP contribution in [0.5, 0.6) is 0 Å². The average Bonchev–Trinajstić information content (AvgIpc) is 3.91. The van der Waals surface area contributed by atoms with E-state index in [1.165, 1.54) is 18.7 Å². The van der Waals surface area contributed by atoms with Crippen LogP contribution in [0.15, 0.2) is 30.5 Å². The maximum atomic E-state index is 14.5. The van der Waals surface area contributed by atoms with Crippen molar-refractivity contribution in [3.63, 3.8) is 0 Å². The molecule has 0 spiro atoms. The molecular formula is C52H83FN6O14. The van der Waals surface area contributed by atoms with Gasteiger partial charge < -0.3 is 63.8 Å². The van der Waals surface area contributed by atoms with Crippen molar-refractivity contribution >= 4 is 17.8 Å². The van der Waals surface area contributed by atoms with E-state index in [1.807, 2.05) is 37.7 Å². The molecule has 0 bridgehead atoms. The second-order valence-electron chi connectivity index (χ2n) is 22.2. The molecule has 5 heterocycles. The zero-order valence-electron chi connectivity index (χ0n) is 45.0. The number of aromatic nitrogens is 3. The number of imide groups is 1. The molecule has 20 nitrogen and oxygen atoms in total. The number of methoxy groups -OCH3 is 1. The molecule has 2 aromatic rings. The summed E-state index contributed by atoms with van der Waals surface area (Å²) < 4.78 is 54.0. The second kappa shape index (κ2) is 23.8. The molecule has 4 aliphatic heterocycles. The van der Waals surface area contributed by atoms with Crippen LogP contribution in [0.3, 0.4) is 0 Å². The minimum atomic E-state index is -1.86. The van der Waals surface area contributed by atoms with Gasteiger partial charge in [-0.3, -0.25) is 19.3 Å². The zero-order chi connectivity index (χ0) is 54.1. The maximum absolute atomic E-state index is 14.5. The first-order chi connectivity index (χ1) is 34.2. The van der Waals surface area contributed by atoms with E-state index in [4.69, 9.17) is 28.4 Å². The van der Waals surface area contributed by atoms with Crippen LogP contribution in [0.1, 0.15) is 127 Å². The van der Waals surface area contributed by atoms with Crippen LogP contribution in [-0.2, 0) is 39.6 Å². The summed E-state index contributed by atoms with van der Waals surface area (Å²) >= 11 is 0. The van der Waals surface area contributed by atoms with Crippen molar-refractivity contribution in [3.05, 3.63) is 47.3 Å². The topological polar surface area (TPSA) is 248 Å². The number of amides is 2. The molecule has 0 radical (unpaired) electrons. The highest BCUT2D eigenvalue weighted by Gasteiger charge is 2.53. The minimum absolute atomic E-state index is 0.0697. The Kier molecular flexibility index (Phi) is 19.1. The number of carbonyl (C=O) groups excluding carboxylic acids is 3. The maximum Gasteiger partial charge on any atom is 0.311 e. The molecule has 4 aliphatic rings. The van der Waals surface area contributed by atoms with E-state index < -0.39 is 133 Å². The molecular weight excluding hydrogens is 952 g/mol. The molecule has 0 saturated carbocycles. The van der Waals surface area contributed by atoms with Gasteiger partial charge in [0.2, 0.25) is 0 Å². The molecule has 3 saturated heterocycles. The summed E-state index contributed by atoms with van der Waals surface area (Å²) in [5, 5.41) is 68.1. The summed E-state index contributed by atoms with van der Waals surface area (Å²) in [6.07, 6.45) is -7.82. The summed E-state index contributed by atoms with van der Waals surface area (Å²) in [6, 6.07) is 4.36. The van der Waals surface area contributed by atoms with Crippen LogP contribution in [0, 0.1) is 17.8 Å². The second-order valence-corrected chi connectivity index (χ2v) is 22.2. The number of nitrogens with zero attached hydrogens (tertiary/aromatic N) is 6. The highest BCUT2D eigenvalue weighted by molar-refractivity contribution is 6.21. The minimum Gasteiger partial charge on any atom is -0.459 e. The van der Waals surface area contributed by atoms with Gasteiger partial charge in [-0.15, -0.1) is 5.10 Å². The molecule has 21 heteroatoms. The molecule has 0 aliphatic carbocycles. The number of hydrogen-bond acceptors (Lipinski definition) is 18. The smallest absolute Gasteiger partial charge is 0.311 e. The highest BCUT2D eigenvalue weighted by atomic mass is 19.1. The molecule has 412 valence electrons. The van der Waals surface area contributed by atoms with Crippen LogP contribution in [0.4, 0.5) is 4.39 Å². The summed E-state index contributed by atoms with van der Waals surface area (Å²) in [4.78, 5) is 45.4. The van der Waals surface area contributed by atoms with Crippen molar-refractivity contribution in [1.29, 1.82) is 0 Å². The third kappa shape index (κ3) is 12.7. The molecule has 1 aromatic heterocycles. The van der Waals surface area contributed by atoms with Crippen LogP contribution in [0.2, 0.25) is 0 Å². The van der Waals surface area contributed by atoms with Gasteiger partial charge in [0, 0.05) is 57.2 Å². The summed E-state index contributed by atoms with van der Waals surface area (Å²) in [5.74, 6) is -3.94. The van der Waals surface area contributed by atoms with E-state index in [1.54, 1.807) is 78.9 Å². The standard InChI is InChI=1S/C52H83FN6O14/c1-14-39-52(10,67)43(61)32(6)57(12)25-28(2)22-50(8,66)45(30(4)42(31(5)48(65)71-39)72-40-23-51(9,68-13)44(62)33(7)70-40)73-49-41(60)38(21-29(3)69-49)56(11)20-19-34-26-59(55-54-34)35(24-53)27-58-46(63)36-17-15-16-18-37(36)47(58)64/h15-18,26,28-33,35,38-45,49,60-62,66-67H,14,19-25,27H2,1-13H3/t28-,29-,30+,31-,32-,33+,35?,38+,39-,40+,41-,42+,43-,44+,45-,49+,50-,51-,52-/m1/s1. The Morgan fingerprint density at radius 1 is 0.945 bits per heavy atom. The quantitative estimate of drug-likeness (QED) is 0.135. The summed E-state index contributed by atoms with van der Waals surface area (Å²) in [6.45, 7) is 16.9. The Hall–Kier alpha value is -3.58. The van der Waals surface area contributed by atoms with Gasteiger partial charge in [-0.05, 0) is 99.9 Å². The van der Waals surface area contributed by atoms with Crippen molar-refractivity contribution in [3.8, 4) is 0 Å². The largest absolute Gasteiger partial charge is 0.459 e. The number of fused-ring (bicyclic) bond motifs is 1. The number of rotatable bonds is 14. The fourth-order valence-corrected chi connectivity index (χ4v) is 11.5. The number of aliphatic hydroxyl groups is 5. The number of carbonyl (C=O) groups is 3. The van der Waals surface area contributed by atoms with Crippen LogP contribution < -0.4 is 0 Å². The number of ether oxygens (including phenoxy) is 6. The van der Waals surface area contributed by atoms with E-state index in [2.05, 4.69) is 10.3 Å². The van der Waals surface area contributed by atoms with E-state index >= 15 is 0 Å². The number of halogens is 1. The van der Waals surface area contributed by atoms with Gasteiger partial charge in [-0.25, -0.2) is 9.07 Å². The van der Waals surface area contributed by atoms with Crippen molar-refractivity contribution in [2.24, 2.45) is 17.8 Å². The number of alkyl halides is 1. The first-order valence-corrected chi connectivity index (χ1v) is 25.9. The monoisotopic (exact) mass is 1030 g/mol. The van der Waals surface area contributed by atoms with E-state index in [9.17, 15) is 44.3 Å². The lowest BCUT2D eigenvalue weighted by atomic mass is 9.77. The van der Waals surface area contributed by atoms with Crippen molar-refractivity contribution < 1.29 is 72.7 Å². The van der Waals surface area contributed by atoms with E-state index in [0.717, 1.165) is 4.90 Å². The fourth-order valence-electron chi connectivity index (χ4n) is 11.5. The normalized spacial score (nSPS) is 40.0. The van der Waals surface area contributed by atoms with Crippen LogP contribution >= 0.6 is 0 Å². The van der Waals surface area contributed by atoms with Crippen LogP contribution in [-0.4, -0.2) is 211 Å². The molecule has 19 atom stereocenters. The van der Waals surface area contributed by atoms with Gasteiger partial charge in [0.25, 0.3) is 11.8 Å². The first kappa shape index (κ1) is 58.7. The molecule has 6 rings (SSSR count). The fraction of sp³-hybridized carbons (Fsp3) is 0.788. The molecule has 1 aromatic carbocycles. The van der Waals surface area contributed by atoms with Crippen LogP contribution in [0.25, 0.3) is 0 Å². The van der Waals surface area contributed by atoms with E-state index in [-0.39, 0.29) is 42.9 Å². The van der Waals surface area contributed by atoms with Gasteiger partial charge >= 0.3 is 5.97 Å². The van der Waals surface area contributed by atoms with Gasteiger partial charge in [-0.1, -0.05) is 38.1 Å². The lowest BCUT2D eigenvalue weighted by Gasteiger charge is -2.49. The number of benzene rings is 1. The molecule has 1 unspecified atom stereocenters. The molecule has 73 heavy (non-hydrogen) atoms.